The number of nitrogens with two attached hydrogens (primary N) is 1. The molecule has 7 rings (SSSR count). The quantitative estimate of drug-likeness (QED) is 0.290. The second-order valence-corrected chi connectivity index (χ2v) is 13.0. The lowest BCUT2D eigenvalue weighted by molar-refractivity contribution is 0.145. The molecule has 0 unspecified atom stereocenters. The van der Waals surface area contributed by atoms with Gasteiger partial charge in [0.15, 0.2) is 17.0 Å². The van der Waals surface area contributed by atoms with Crippen LogP contribution in [0.25, 0.3) is 10.9 Å². The third-order valence-electron chi connectivity index (χ3n) is 9.81. The lowest BCUT2D eigenvalue weighted by atomic mass is 10.0. The van der Waals surface area contributed by atoms with Crippen molar-refractivity contribution in [2.45, 2.75) is 63.9 Å². The molecule has 11 nitrogen and oxygen atoms in total. The van der Waals surface area contributed by atoms with Crippen LogP contribution in [-0.4, -0.2) is 76.6 Å². The molecule has 0 saturated carbocycles. The monoisotopic (exact) mass is 643 g/mol. The van der Waals surface area contributed by atoms with Gasteiger partial charge in [0.2, 0.25) is 5.88 Å². The van der Waals surface area contributed by atoms with Crippen LogP contribution in [0.5, 0.6) is 11.6 Å². The van der Waals surface area contributed by atoms with Gasteiger partial charge in [-0.2, -0.15) is 0 Å². The molecule has 0 spiro atoms. The molecule has 248 valence electrons. The summed E-state index contributed by atoms with van der Waals surface area (Å²) in [6.07, 6.45) is 8.17. The van der Waals surface area contributed by atoms with Crippen LogP contribution in [-0.2, 0) is 13.1 Å². The molecule has 1 aromatic carbocycles. The molecule has 0 amide bonds. The zero-order chi connectivity index (χ0) is 32.7. The van der Waals surface area contributed by atoms with Crippen LogP contribution < -0.4 is 30.4 Å². The third kappa shape index (κ3) is 6.19. The topological polar surface area (TPSA) is 122 Å². The summed E-state index contributed by atoms with van der Waals surface area (Å²) in [5.41, 5.74) is 9.33. The maximum atomic E-state index is 16.0. The Balaban J connectivity index is 1.27. The van der Waals surface area contributed by atoms with E-state index in [4.69, 9.17) is 15.2 Å². The summed E-state index contributed by atoms with van der Waals surface area (Å²) in [4.78, 5) is 29.5. The summed E-state index contributed by atoms with van der Waals surface area (Å²) in [5, 5.41) is 10.4. The van der Waals surface area contributed by atoms with Gasteiger partial charge in [0.05, 0.1) is 42.0 Å². The number of aliphatic hydroxyl groups is 1. The summed E-state index contributed by atoms with van der Waals surface area (Å²) in [6.45, 7) is 6.09. The Morgan fingerprint density at radius 1 is 1.11 bits per heavy atom. The van der Waals surface area contributed by atoms with E-state index < -0.39 is 5.82 Å². The van der Waals surface area contributed by atoms with Crippen LogP contribution in [0, 0.1) is 5.82 Å². The van der Waals surface area contributed by atoms with E-state index >= 15 is 4.39 Å². The highest BCUT2D eigenvalue weighted by Gasteiger charge is 2.32. The zero-order valence-corrected chi connectivity index (χ0v) is 26.9. The standard InChI is InChI=1S/C35H42FN7O4/c1-22-21-47-35-32-28(15-29(36)33(35)40-12-8-27(44)9-13-40)34(45)24(19-43(22)32)18-42(17-23-7-10-38-31(14-23)46-2)26-4-3-11-41(20-26)25-5-6-30(37)39-16-25/h5-7,10,14-16,19,22,26-27,44H,3-4,8-9,11-13,17-18,20-21H2,1-2H3,(H2,37,39)/t22-,26-/m0/s1. The molecule has 47 heavy (non-hydrogen) atoms. The van der Waals surface area contributed by atoms with Crippen LogP contribution in [0.4, 0.5) is 21.6 Å². The van der Waals surface area contributed by atoms with Gasteiger partial charge in [-0.25, -0.2) is 14.4 Å². The minimum atomic E-state index is -0.472. The number of anilines is 3. The maximum Gasteiger partial charge on any atom is 0.213 e. The first-order valence-electron chi connectivity index (χ1n) is 16.4. The molecule has 2 fully saturated rings. The molecule has 0 bridgehead atoms. The number of hydrogen-bond acceptors (Lipinski definition) is 10. The van der Waals surface area contributed by atoms with Crippen molar-refractivity contribution in [2.75, 3.05) is 55.4 Å². The average molecular weight is 644 g/mol. The number of rotatable bonds is 8. The largest absolute Gasteiger partial charge is 0.487 e. The summed E-state index contributed by atoms with van der Waals surface area (Å²) in [5.74, 6) is 0.961. The van der Waals surface area contributed by atoms with E-state index in [-0.39, 0.29) is 23.6 Å². The van der Waals surface area contributed by atoms with Crippen molar-refractivity contribution < 1.29 is 19.0 Å². The smallest absolute Gasteiger partial charge is 0.213 e. The number of methoxy groups -OCH3 is 1. The second kappa shape index (κ2) is 13.0. The van der Waals surface area contributed by atoms with Crippen LogP contribution in [0.15, 0.2) is 53.7 Å². The van der Waals surface area contributed by atoms with Crippen LogP contribution in [0.3, 0.4) is 0 Å². The Labute approximate surface area is 273 Å². The average Bonchev–Trinajstić information content (AvgIpc) is 3.08. The number of ether oxygens (including phenoxy) is 2. The predicted octanol–water partition coefficient (Wildman–Crippen LogP) is 4.11. The summed E-state index contributed by atoms with van der Waals surface area (Å²) < 4.78 is 29.7. The molecule has 3 N–H and O–H groups in total. The number of nitrogens with zero attached hydrogens (tertiary/aromatic N) is 6. The van der Waals surface area contributed by atoms with Crippen LogP contribution >= 0.6 is 0 Å². The Kier molecular flexibility index (Phi) is 8.63. The molecule has 4 aromatic rings. The van der Waals surface area contributed by atoms with Crippen molar-refractivity contribution in [3.63, 3.8) is 0 Å². The molecule has 12 heteroatoms. The first kappa shape index (κ1) is 31.2. The van der Waals surface area contributed by atoms with E-state index in [0.717, 1.165) is 37.2 Å². The maximum absolute atomic E-state index is 16.0. The lowest BCUT2D eigenvalue weighted by Crippen LogP contribution is -2.48. The van der Waals surface area contributed by atoms with Gasteiger partial charge >= 0.3 is 0 Å². The highest BCUT2D eigenvalue weighted by atomic mass is 19.1. The van der Waals surface area contributed by atoms with Crippen molar-refractivity contribution in [1.29, 1.82) is 0 Å². The molecular formula is C35H42FN7O4. The zero-order valence-electron chi connectivity index (χ0n) is 26.9. The number of pyridine rings is 3. The highest BCUT2D eigenvalue weighted by molar-refractivity contribution is 5.92. The minimum absolute atomic E-state index is 0.0491. The van der Waals surface area contributed by atoms with Gasteiger partial charge in [-0.15, -0.1) is 0 Å². The van der Waals surface area contributed by atoms with Crippen LogP contribution in [0.1, 0.15) is 49.8 Å². The number of piperidine rings is 2. The van der Waals surface area contributed by atoms with Crippen molar-refractivity contribution in [1.82, 2.24) is 19.4 Å². The fourth-order valence-electron chi connectivity index (χ4n) is 7.26. The molecule has 0 radical (unpaired) electrons. The van der Waals surface area contributed by atoms with E-state index in [2.05, 4.69) is 31.3 Å². The number of aromatic nitrogens is 3. The third-order valence-corrected chi connectivity index (χ3v) is 9.81. The van der Waals surface area contributed by atoms with Crippen molar-refractivity contribution in [3.8, 4) is 11.6 Å². The van der Waals surface area contributed by atoms with Gasteiger partial charge in [-0.1, -0.05) is 0 Å². The Hall–Kier alpha value is -4.42. The van der Waals surface area contributed by atoms with Crippen LogP contribution in [0.2, 0.25) is 0 Å². The Morgan fingerprint density at radius 3 is 2.70 bits per heavy atom. The van der Waals surface area contributed by atoms with Gasteiger partial charge in [-0.05, 0) is 62.4 Å². The molecular weight excluding hydrogens is 601 g/mol. The first-order chi connectivity index (χ1) is 22.8. The summed E-state index contributed by atoms with van der Waals surface area (Å²) in [6, 6.07) is 9.18. The Bertz CT molecular complexity index is 1810. The second-order valence-electron chi connectivity index (χ2n) is 13.0. The van der Waals surface area contributed by atoms with Gasteiger partial charge in [0, 0.05) is 69.3 Å². The van der Waals surface area contributed by atoms with Gasteiger partial charge < -0.3 is 34.7 Å². The highest BCUT2D eigenvalue weighted by Crippen LogP contribution is 2.42. The number of benzene rings is 1. The van der Waals surface area contributed by atoms with Crippen molar-refractivity contribution in [2.24, 2.45) is 0 Å². The lowest BCUT2D eigenvalue weighted by Gasteiger charge is -2.40. The minimum Gasteiger partial charge on any atom is -0.487 e. The SMILES string of the molecule is COc1cc(CN(Cc2cn3c4c(c(N5CCC(O)CC5)c(F)cc4c2=O)OC[C@@H]3C)[C@H]2CCCN(c3ccc(N)nc3)C2)ccn1. The molecule has 0 aliphatic carbocycles. The van der Waals surface area contributed by atoms with E-state index in [9.17, 15) is 9.90 Å². The van der Waals surface area contributed by atoms with Crippen molar-refractivity contribution in [3.05, 3.63) is 76.1 Å². The predicted molar refractivity (Wildman–Crippen MR) is 180 cm³/mol. The molecule has 2 atom stereocenters. The molecule has 6 heterocycles. The molecule has 3 aliphatic rings. The first-order valence-corrected chi connectivity index (χ1v) is 16.4. The van der Waals surface area contributed by atoms with E-state index in [1.165, 1.54) is 6.07 Å². The fourth-order valence-corrected chi connectivity index (χ4v) is 7.26. The number of aliphatic hydroxyl groups excluding tert-OH is 1. The van der Waals surface area contributed by atoms with Gasteiger partial charge in [0.25, 0.3) is 0 Å². The summed E-state index contributed by atoms with van der Waals surface area (Å²) >= 11 is 0. The number of halogens is 1. The summed E-state index contributed by atoms with van der Waals surface area (Å²) in [7, 11) is 1.60. The molecule has 3 aromatic heterocycles. The molecule has 3 aliphatic heterocycles. The van der Waals surface area contributed by atoms with E-state index in [1.54, 1.807) is 13.3 Å². The molecule has 2 saturated heterocycles. The van der Waals surface area contributed by atoms with E-state index in [0.29, 0.717) is 85.2 Å². The van der Waals surface area contributed by atoms with Gasteiger partial charge in [-0.3, -0.25) is 9.69 Å². The van der Waals surface area contributed by atoms with Crippen molar-refractivity contribution >= 4 is 28.1 Å². The number of hydrogen-bond donors (Lipinski definition) is 2. The number of nitrogen functional groups attached to an aromatic ring is 1. The van der Waals surface area contributed by atoms with Gasteiger partial charge in [0.1, 0.15) is 18.1 Å². The fraction of sp³-hybridized carbons (Fsp3) is 0.457. The van der Waals surface area contributed by atoms with E-state index in [1.807, 2.05) is 41.6 Å². The normalized spacial score (nSPS) is 20.1. The Morgan fingerprint density at radius 2 is 1.94 bits per heavy atom.